The van der Waals surface area contributed by atoms with Crippen molar-refractivity contribution >= 4 is 17.8 Å². The van der Waals surface area contributed by atoms with Crippen LogP contribution in [-0.2, 0) is 6.42 Å². The number of hydrogen-bond acceptors (Lipinski definition) is 4. The summed E-state index contributed by atoms with van der Waals surface area (Å²) in [4.78, 5) is 38.1. The lowest BCUT2D eigenvalue weighted by molar-refractivity contribution is 0.0654. The van der Waals surface area contributed by atoms with E-state index in [9.17, 15) is 14.4 Å². The van der Waals surface area contributed by atoms with Gasteiger partial charge in [0.25, 0.3) is 11.8 Å². The Hall–Kier alpha value is -3.73. The fourth-order valence-corrected chi connectivity index (χ4v) is 3.15. The normalized spacial score (nSPS) is 12.8. The van der Waals surface area contributed by atoms with Crippen LogP contribution in [0.15, 0.2) is 78.9 Å². The Bertz CT molecular complexity index is 1010. The Labute approximate surface area is 162 Å². The number of imide groups is 1. The van der Waals surface area contributed by atoms with Crippen LogP contribution in [0, 0.1) is 0 Å². The first-order valence-corrected chi connectivity index (χ1v) is 8.95. The Morgan fingerprint density at radius 2 is 1.32 bits per heavy atom. The molecule has 2 amide bonds. The first-order valence-electron chi connectivity index (χ1n) is 8.95. The molecule has 0 aromatic heterocycles. The molecule has 3 aromatic rings. The van der Waals surface area contributed by atoms with Gasteiger partial charge in [0, 0.05) is 6.54 Å². The molecule has 0 aliphatic carbocycles. The highest BCUT2D eigenvalue weighted by Crippen LogP contribution is 2.23. The minimum absolute atomic E-state index is 0.256. The van der Waals surface area contributed by atoms with E-state index in [0.717, 1.165) is 5.56 Å². The average molecular weight is 371 g/mol. The lowest BCUT2D eigenvalue weighted by atomic mass is 10.1. The van der Waals surface area contributed by atoms with E-state index in [2.05, 4.69) is 0 Å². The Morgan fingerprint density at radius 3 is 1.93 bits per heavy atom. The van der Waals surface area contributed by atoms with E-state index in [0.29, 0.717) is 35.4 Å². The quantitative estimate of drug-likeness (QED) is 0.389. The van der Waals surface area contributed by atoms with E-state index in [4.69, 9.17) is 4.74 Å². The highest BCUT2D eigenvalue weighted by molar-refractivity contribution is 6.21. The molecular weight excluding hydrogens is 354 g/mol. The summed E-state index contributed by atoms with van der Waals surface area (Å²) in [7, 11) is 0. The summed E-state index contributed by atoms with van der Waals surface area (Å²) >= 11 is 0. The van der Waals surface area contributed by atoms with Gasteiger partial charge in [0.15, 0.2) is 0 Å². The zero-order valence-electron chi connectivity index (χ0n) is 15.0. The van der Waals surface area contributed by atoms with Crippen LogP contribution in [0.4, 0.5) is 0 Å². The van der Waals surface area contributed by atoms with Gasteiger partial charge in [-0.25, -0.2) is 4.79 Å². The zero-order valence-corrected chi connectivity index (χ0v) is 15.0. The van der Waals surface area contributed by atoms with Gasteiger partial charge in [0.1, 0.15) is 5.75 Å². The molecule has 1 heterocycles. The van der Waals surface area contributed by atoms with Crippen LogP contribution in [0.1, 0.15) is 36.6 Å². The highest BCUT2D eigenvalue weighted by atomic mass is 16.5. The second-order valence-corrected chi connectivity index (χ2v) is 6.46. The molecule has 0 unspecified atom stereocenters. The summed E-state index contributed by atoms with van der Waals surface area (Å²) in [5, 5.41) is 0. The number of amides is 2. The van der Waals surface area contributed by atoms with Crippen molar-refractivity contribution in [3.05, 3.63) is 101 Å². The first-order chi connectivity index (χ1) is 13.6. The van der Waals surface area contributed by atoms with Crippen molar-refractivity contribution in [2.24, 2.45) is 0 Å². The van der Waals surface area contributed by atoms with Crippen LogP contribution < -0.4 is 4.74 Å². The molecule has 138 valence electrons. The number of hydrogen-bond donors (Lipinski definition) is 0. The van der Waals surface area contributed by atoms with Gasteiger partial charge < -0.3 is 4.74 Å². The van der Waals surface area contributed by atoms with Gasteiger partial charge in [-0.2, -0.15) is 0 Å². The maximum Gasteiger partial charge on any atom is 0.343 e. The molecule has 0 N–H and O–H groups in total. The second kappa shape index (κ2) is 7.48. The molecule has 5 nitrogen and oxygen atoms in total. The molecule has 0 atom stereocenters. The van der Waals surface area contributed by atoms with Gasteiger partial charge in [-0.15, -0.1) is 0 Å². The molecule has 1 aliphatic rings. The number of nitrogens with zero attached hydrogens (tertiary/aromatic N) is 1. The molecule has 5 heteroatoms. The Kier molecular flexibility index (Phi) is 4.72. The highest BCUT2D eigenvalue weighted by Gasteiger charge is 2.34. The topological polar surface area (TPSA) is 63.7 Å². The lowest BCUT2D eigenvalue weighted by Gasteiger charge is -2.13. The number of esters is 1. The molecule has 1 aliphatic heterocycles. The van der Waals surface area contributed by atoms with Crippen molar-refractivity contribution in [1.29, 1.82) is 0 Å². The summed E-state index contributed by atoms with van der Waals surface area (Å²) in [5.74, 6) is -0.485. The standard InChI is InChI=1S/C23H17NO4/c25-21-19-8-4-5-9-20(19)22(26)24(21)15-14-16-10-12-18(13-11-16)28-23(27)17-6-2-1-3-7-17/h1-13H,14-15H2. The van der Waals surface area contributed by atoms with Gasteiger partial charge in [0.2, 0.25) is 0 Å². The molecule has 0 radical (unpaired) electrons. The van der Waals surface area contributed by atoms with Gasteiger partial charge in [-0.3, -0.25) is 14.5 Å². The summed E-state index contributed by atoms with van der Waals surface area (Å²) in [6.07, 6.45) is 0.526. The van der Waals surface area contributed by atoms with Crippen molar-refractivity contribution in [3.63, 3.8) is 0 Å². The smallest absolute Gasteiger partial charge is 0.343 e. The minimum Gasteiger partial charge on any atom is -0.423 e. The van der Waals surface area contributed by atoms with E-state index in [-0.39, 0.29) is 11.8 Å². The number of benzene rings is 3. The maximum absolute atomic E-state index is 12.4. The van der Waals surface area contributed by atoms with Crippen LogP contribution in [0.5, 0.6) is 5.75 Å². The summed E-state index contributed by atoms with van der Waals surface area (Å²) in [6.45, 7) is 0.301. The van der Waals surface area contributed by atoms with E-state index in [1.165, 1.54) is 4.90 Å². The molecular formula is C23H17NO4. The lowest BCUT2D eigenvalue weighted by Crippen LogP contribution is -2.31. The SMILES string of the molecule is O=C(Oc1ccc(CCN2C(=O)c3ccccc3C2=O)cc1)c1ccccc1. The summed E-state index contributed by atoms with van der Waals surface area (Å²) < 4.78 is 5.35. The first kappa shape index (κ1) is 17.7. The predicted octanol–water partition coefficient (Wildman–Crippen LogP) is 3.74. The number of rotatable bonds is 5. The third-order valence-corrected chi connectivity index (χ3v) is 4.65. The molecule has 0 fully saturated rings. The van der Waals surface area contributed by atoms with E-state index >= 15 is 0 Å². The van der Waals surface area contributed by atoms with Crippen molar-refractivity contribution in [3.8, 4) is 5.75 Å². The Morgan fingerprint density at radius 1 is 0.750 bits per heavy atom. The molecule has 28 heavy (non-hydrogen) atoms. The van der Waals surface area contributed by atoms with Gasteiger partial charge in [-0.1, -0.05) is 42.5 Å². The Balaban J connectivity index is 1.37. The predicted molar refractivity (Wildman–Crippen MR) is 103 cm³/mol. The summed E-state index contributed by atoms with van der Waals surface area (Å²) in [5.41, 5.74) is 2.33. The fourth-order valence-electron chi connectivity index (χ4n) is 3.15. The van der Waals surface area contributed by atoms with Crippen molar-refractivity contribution < 1.29 is 19.1 Å². The van der Waals surface area contributed by atoms with Crippen molar-refractivity contribution in [2.75, 3.05) is 6.54 Å². The van der Waals surface area contributed by atoms with Crippen LogP contribution >= 0.6 is 0 Å². The zero-order chi connectivity index (χ0) is 19.5. The number of ether oxygens (including phenoxy) is 1. The fraction of sp³-hybridized carbons (Fsp3) is 0.0870. The molecule has 0 spiro atoms. The van der Waals surface area contributed by atoms with E-state index in [1.54, 1.807) is 60.7 Å². The monoisotopic (exact) mass is 371 g/mol. The molecule has 0 bridgehead atoms. The molecule has 0 saturated carbocycles. The minimum atomic E-state index is -0.417. The third kappa shape index (κ3) is 3.42. The van der Waals surface area contributed by atoms with Gasteiger partial charge in [0.05, 0.1) is 16.7 Å². The van der Waals surface area contributed by atoms with Crippen LogP contribution in [0.3, 0.4) is 0 Å². The number of carbonyl (C=O) groups excluding carboxylic acids is 3. The van der Waals surface area contributed by atoms with Gasteiger partial charge >= 0.3 is 5.97 Å². The van der Waals surface area contributed by atoms with Crippen LogP contribution in [0.25, 0.3) is 0 Å². The van der Waals surface area contributed by atoms with Gasteiger partial charge in [-0.05, 0) is 48.4 Å². The second-order valence-electron chi connectivity index (χ2n) is 6.46. The molecule has 3 aromatic carbocycles. The maximum atomic E-state index is 12.4. The molecule has 4 rings (SSSR count). The van der Waals surface area contributed by atoms with Crippen molar-refractivity contribution in [1.82, 2.24) is 4.90 Å². The summed E-state index contributed by atoms with van der Waals surface area (Å²) in [6, 6.07) is 22.7. The van der Waals surface area contributed by atoms with Crippen molar-refractivity contribution in [2.45, 2.75) is 6.42 Å². The third-order valence-electron chi connectivity index (χ3n) is 4.65. The van der Waals surface area contributed by atoms with E-state index < -0.39 is 5.97 Å². The largest absolute Gasteiger partial charge is 0.423 e. The number of fused-ring (bicyclic) bond motifs is 1. The average Bonchev–Trinajstić information content (AvgIpc) is 2.98. The van der Waals surface area contributed by atoms with E-state index in [1.807, 2.05) is 18.2 Å². The molecule has 0 saturated heterocycles. The van der Waals surface area contributed by atoms with Crippen LogP contribution in [-0.4, -0.2) is 29.2 Å². The number of carbonyl (C=O) groups is 3. The van der Waals surface area contributed by atoms with Crippen LogP contribution in [0.2, 0.25) is 0 Å².